The van der Waals surface area contributed by atoms with Gasteiger partial charge in [0.15, 0.2) is 0 Å². The van der Waals surface area contributed by atoms with Gasteiger partial charge in [-0.2, -0.15) is 0 Å². The van der Waals surface area contributed by atoms with Crippen LogP contribution in [0.4, 0.5) is 0 Å². The van der Waals surface area contributed by atoms with E-state index in [1.54, 1.807) is 25.3 Å². The highest BCUT2D eigenvalue weighted by Crippen LogP contribution is 2.30. The molecular formula is C22H26Cl2N2O4S. The molecule has 1 N–H and O–H groups in total. The van der Waals surface area contributed by atoms with Crippen LogP contribution in [0.1, 0.15) is 36.9 Å². The van der Waals surface area contributed by atoms with Crippen molar-refractivity contribution in [3.05, 3.63) is 63.6 Å². The van der Waals surface area contributed by atoms with Gasteiger partial charge in [0, 0.05) is 34.3 Å². The Hall–Kier alpha value is -1.80. The predicted octanol–water partition coefficient (Wildman–Crippen LogP) is 4.42. The van der Waals surface area contributed by atoms with E-state index in [2.05, 4.69) is 5.32 Å². The van der Waals surface area contributed by atoms with Gasteiger partial charge in [0.2, 0.25) is 15.9 Å². The molecule has 2 aromatic carbocycles. The average molecular weight is 485 g/mol. The van der Waals surface area contributed by atoms with Gasteiger partial charge >= 0.3 is 0 Å². The zero-order valence-corrected chi connectivity index (χ0v) is 19.8. The standard InChI is InChI=1S/C22H26Cl2N2O4S/c1-15(17-8-3-4-11-21(17)30-2)25-22(27)16-7-6-12-26(13-16)31(28,29)14-18-19(23)9-5-10-20(18)24/h3-5,8-11,15-16H,6-7,12-14H2,1-2H3,(H,25,27)/t15-,16+/m0/s1. The van der Waals surface area contributed by atoms with Gasteiger partial charge in [-0.3, -0.25) is 4.79 Å². The maximum absolute atomic E-state index is 13.0. The molecular weight excluding hydrogens is 459 g/mol. The highest BCUT2D eigenvalue weighted by molar-refractivity contribution is 7.88. The number of carbonyl (C=O) groups excluding carboxylic acids is 1. The number of hydrogen-bond acceptors (Lipinski definition) is 4. The number of para-hydroxylation sites is 1. The zero-order valence-electron chi connectivity index (χ0n) is 17.5. The lowest BCUT2D eigenvalue weighted by atomic mass is 9.97. The topological polar surface area (TPSA) is 75.7 Å². The summed E-state index contributed by atoms with van der Waals surface area (Å²) in [6.45, 7) is 2.39. The molecule has 0 radical (unpaired) electrons. The van der Waals surface area contributed by atoms with E-state index in [9.17, 15) is 13.2 Å². The molecule has 0 aromatic heterocycles. The van der Waals surface area contributed by atoms with Crippen molar-refractivity contribution < 1.29 is 17.9 Å². The Bertz CT molecular complexity index is 1030. The van der Waals surface area contributed by atoms with Crippen LogP contribution in [0.15, 0.2) is 42.5 Å². The van der Waals surface area contributed by atoms with E-state index in [1.807, 2.05) is 31.2 Å². The van der Waals surface area contributed by atoms with Crippen LogP contribution in [0.3, 0.4) is 0 Å². The molecule has 0 bridgehead atoms. The van der Waals surface area contributed by atoms with Crippen molar-refractivity contribution >= 4 is 39.1 Å². The second kappa shape index (κ2) is 10.2. The number of halogens is 2. The minimum absolute atomic E-state index is 0.134. The van der Waals surface area contributed by atoms with E-state index in [4.69, 9.17) is 27.9 Å². The number of nitrogens with one attached hydrogen (secondary N) is 1. The Morgan fingerprint density at radius 2 is 1.87 bits per heavy atom. The molecule has 1 saturated heterocycles. The van der Waals surface area contributed by atoms with Crippen LogP contribution in [0.25, 0.3) is 0 Å². The second-order valence-corrected chi connectivity index (χ2v) is 10.4. The SMILES string of the molecule is COc1ccccc1[C@H](C)NC(=O)[C@@H]1CCCN(S(=O)(=O)Cc2c(Cl)cccc2Cl)C1. The van der Waals surface area contributed by atoms with Crippen molar-refractivity contribution in [3.63, 3.8) is 0 Å². The minimum atomic E-state index is -3.67. The number of piperidine rings is 1. The van der Waals surface area contributed by atoms with Gasteiger partial charge in [-0.25, -0.2) is 12.7 Å². The van der Waals surface area contributed by atoms with Crippen molar-refractivity contribution in [2.45, 2.75) is 31.6 Å². The largest absolute Gasteiger partial charge is 0.496 e. The molecule has 31 heavy (non-hydrogen) atoms. The highest BCUT2D eigenvalue weighted by Gasteiger charge is 2.33. The van der Waals surface area contributed by atoms with Crippen LogP contribution >= 0.6 is 23.2 Å². The molecule has 1 amide bonds. The quantitative estimate of drug-likeness (QED) is 0.630. The molecule has 0 saturated carbocycles. The molecule has 0 spiro atoms. The normalized spacial score (nSPS) is 18.4. The maximum Gasteiger partial charge on any atom is 0.224 e. The van der Waals surface area contributed by atoms with Crippen molar-refractivity contribution in [2.24, 2.45) is 5.92 Å². The lowest BCUT2D eigenvalue weighted by molar-refractivity contribution is -0.126. The van der Waals surface area contributed by atoms with Crippen molar-refractivity contribution in [1.29, 1.82) is 0 Å². The summed E-state index contributed by atoms with van der Waals surface area (Å²) < 4.78 is 32.8. The van der Waals surface area contributed by atoms with Gasteiger partial charge in [-0.05, 0) is 38.0 Å². The summed E-state index contributed by atoms with van der Waals surface area (Å²) in [4.78, 5) is 12.9. The Morgan fingerprint density at radius 1 is 1.19 bits per heavy atom. The van der Waals surface area contributed by atoms with E-state index < -0.39 is 15.9 Å². The molecule has 9 heteroatoms. The average Bonchev–Trinajstić information content (AvgIpc) is 2.76. The molecule has 6 nitrogen and oxygen atoms in total. The summed E-state index contributed by atoms with van der Waals surface area (Å²) in [5, 5.41) is 3.62. The summed E-state index contributed by atoms with van der Waals surface area (Å²) in [5.74, 6) is -0.200. The third kappa shape index (κ3) is 5.71. The van der Waals surface area contributed by atoms with Gasteiger partial charge in [0.25, 0.3) is 0 Å². The first-order chi connectivity index (χ1) is 14.7. The van der Waals surface area contributed by atoms with Crippen LogP contribution in [-0.4, -0.2) is 38.8 Å². The van der Waals surface area contributed by atoms with Gasteiger partial charge in [-0.1, -0.05) is 47.5 Å². The Labute approximate surface area is 193 Å². The Morgan fingerprint density at radius 3 is 2.55 bits per heavy atom. The first-order valence-electron chi connectivity index (χ1n) is 10.1. The third-order valence-electron chi connectivity index (χ3n) is 5.50. The fraction of sp³-hybridized carbons (Fsp3) is 0.409. The number of nitrogens with zero attached hydrogens (tertiary/aromatic N) is 1. The lowest BCUT2D eigenvalue weighted by Crippen LogP contribution is -2.46. The number of rotatable bonds is 7. The van der Waals surface area contributed by atoms with Gasteiger partial charge in [-0.15, -0.1) is 0 Å². The van der Waals surface area contributed by atoms with Crippen LogP contribution in [0.2, 0.25) is 10.0 Å². The van der Waals surface area contributed by atoms with E-state index in [-0.39, 0.29) is 24.2 Å². The van der Waals surface area contributed by atoms with Gasteiger partial charge in [0.05, 0.1) is 24.8 Å². The fourth-order valence-corrected chi connectivity index (χ4v) is 6.15. The van der Waals surface area contributed by atoms with Crippen LogP contribution in [0, 0.1) is 5.92 Å². The smallest absolute Gasteiger partial charge is 0.224 e. The van der Waals surface area contributed by atoms with Crippen molar-refractivity contribution in [2.75, 3.05) is 20.2 Å². The maximum atomic E-state index is 13.0. The summed E-state index contributed by atoms with van der Waals surface area (Å²) >= 11 is 12.3. The monoisotopic (exact) mass is 484 g/mol. The van der Waals surface area contributed by atoms with E-state index in [0.29, 0.717) is 40.7 Å². The first-order valence-corrected chi connectivity index (χ1v) is 12.4. The fourth-order valence-electron chi connectivity index (χ4n) is 3.79. The molecule has 168 valence electrons. The zero-order chi connectivity index (χ0) is 22.6. The van der Waals surface area contributed by atoms with Crippen molar-refractivity contribution in [1.82, 2.24) is 9.62 Å². The molecule has 1 heterocycles. The van der Waals surface area contributed by atoms with Crippen molar-refractivity contribution in [3.8, 4) is 5.75 Å². The number of ether oxygens (including phenoxy) is 1. The molecule has 1 aliphatic rings. The summed E-state index contributed by atoms with van der Waals surface area (Å²) in [6.07, 6.45) is 1.24. The molecule has 0 aliphatic carbocycles. The first kappa shape index (κ1) is 23.9. The third-order valence-corrected chi connectivity index (χ3v) is 7.98. The van der Waals surface area contributed by atoms with E-state index >= 15 is 0 Å². The molecule has 2 aromatic rings. The lowest BCUT2D eigenvalue weighted by Gasteiger charge is -2.32. The molecule has 0 unspecified atom stereocenters. The van der Waals surface area contributed by atoms with Gasteiger partial charge in [0.1, 0.15) is 5.75 Å². The molecule has 2 atom stereocenters. The summed E-state index contributed by atoms with van der Waals surface area (Å²) in [5.41, 5.74) is 1.24. The number of methoxy groups -OCH3 is 1. The number of hydrogen-bond donors (Lipinski definition) is 1. The summed E-state index contributed by atoms with van der Waals surface area (Å²) in [6, 6.07) is 12.1. The number of sulfonamides is 1. The van der Waals surface area contributed by atoms with Gasteiger partial charge < -0.3 is 10.1 Å². The number of carbonyl (C=O) groups is 1. The molecule has 3 rings (SSSR count). The minimum Gasteiger partial charge on any atom is -0.496 e. The Balaban J connectivity index is 1.68. The van der Waals surface area contributed by atoms with Crippen LogP contribution in [-0.2, 0) is 20.6 Å². The van der Waals surface area contributed by atoms with Crippen LogP contribution in [0.5, 0.6) is 5.75 Å². The van der Waals surface area contributed by atoms with E-state index in [0.717, 1.165) is 5.56 Å². The molecule has 1 aliphatic heterocycles. The number of amides is 1. The molecule has 1 fully saturated rings. The number of benzene rings is 2. The van der Waals surface area contributed by atoms with E-state index in [1.165, 1.54) is 4.31 Å². The second-order valence-electron chi connectivity index (χ2n) is 7.63. The Kier molecular flexibility index (Phi) is 7.86. The highest BCUT2D eigenvalue weighted by atomic mass is 35.5. The summed E-state index contributed by atoms with van der Waals surface area (Å²) in [7, 11) is -2.09. The predicted molar refractivity (Wildman–Crippen MR) is 123 cm³/mol. The van der Waals surface area contributed by atoms with Crippen LogP contribution < -0.4 is 10.1 Å².